The normalized spacial score (nSPS) is 16.9. The van der Waals surface area contributed by atoms with Crippen LogP contribution in [-0.4, -0.2) is 34.2 Å². The number of methoxy groups -OCH3 is 1. The Balaban J connectivity index is 1.60. The maximum Gasteiger partial charge on any atom is 0.238 e. The van der Waals surface area contributed by atoms with Crippen LogP contribution in [0.2, 0.25) is 15.1 Å². The van der Waals surface area contributed by atoms with Gasteiger partial charge in [-0.1, -0.05) is 58.7 Å². The molecule has 3 aromatic rings. The van der Waals surface area contributed by atoms with Gasteiger partial charge in [-0.3, -0.25) is 14.5 Å². The summed E-state index contributed by atoms with van der Waals surface area (Å²) in [5.41, 5.74) is 1.98. The highest BCUT2D eigenvalue weighted by atomic mass is 35.5. The van der Waals surface area contributed by atoms with Crippen molar-refractivity contribution in [3.8, 4) is 5.75 Å². The quantitative estimate of drug-likeness (QED) is 0.367. The molecule has 4 rings (SSSR count). The van der Waals surface area contributed by atoms with E-state index < -0.39 is 5.25 Å². The number of nitrogens with one attached hydrogen (secondary N) is 1. The van der Waals surface area contributed by atoms with Gasteiger partial charge in [-0.25, -0.2) is 4.99 Å². The van der Waals surface area contributed by atoms with Gasteiger partial charge in [0.2, 0.25) is 11.8 Å². The van der Waals surface area contributed by atoms with E-state index in [0.717, 1.165) is 5.56 Å². The molecule has 1 unspecified atom stereocenters. The standard InChI is InChI=1S/C25H20Cl3N3O3S/c1-34-21-8-6-19(7-9-21)30-25-31(14-15-2-4-16(26)5-3-15)23(32)13-22(35-25)24(33)29-20-11-17(27)10-18(28)12-20/h2-12,22H,13-14H2,1H3,(H,29,33). The molecule has 35 heavy (non-hydrogen) atoms. The van der Waals surface area contributed by atoms with Crippen LogP contribution in [-0.2, 0) is 16.1 Å². The van der Waals surface area contributed by atoms with E-state index in [9.17, 15) is 9.59 Å². The van der Waals surface area contributed by atoms with Gasteiger partial charge in [-0.15, -0.1) is 0 Å². The molecular weight excluding hydrogens is 529 g/mol. The highest BCUT2D eigenvalue weighted by Crippen LogP contribution is 2.32. The topological polar surface area (TPSA) is 71.0 Å². The Labute approximate surface area is 222 Å². The van der Waals surface area contributed by atoms with Crippen LogP contribution in [0.25, 0.3) is 0 Å². The first kappa shape index (κ1) is 25.4. The highest BCUT2D eigenvalue weighted by Gasteiger charge is 2.36. The third kappa shape index (κ3) is 6.70. The molecule has 1 heterocycles. The Morgan fingerprint density at radius 3 is 2.31 bits per heavy atom. The van der Waals surface area contributed by atoms with Crippen LogP contribution < -0.4 is 10.1 Å². The molecule has 180 valence electrons. The summed E-state index contributed by atoms with van der Waals surface area (Å²) in [6, 6.07) is 19.2. The van der Waals surface area contributed by atoms with Crippen LogP contribution in [0.15, 0.2) is 71.7 Å². The SMILES string of the molecule is COc1ccc(N=C2SC(C(=O)Nc3cc(Cl)cc(Cl)c3)CC(=O)N2Cc2ccc(Cl)cc2)cc1. The number of benzene rings is 3. The zero-order valence-corrected chi connectivity index (χ0v) is 21.6. The molecule has 0 bridgehead atoms. The lowest BCUT2D eigenvalue weighted by molar-refractivity contribution is -0.129. The van der Waals surface area contributed by atoms with Gasteiger partial charge >= 0.3 is 0 Å². The number of thioether (sulfide) groups is 1. The smallest absolute Gasteiger partial charge is 0.238 e. The molecule has 0 spiro atoms. The molecule has 0 aromatic heterocycles. The number of carbonyl (C=O) groups excluding carboxylic acids is 2. The monoisotopic (exact) mass is 547 g/mol. The molecule has 0 radical (unpaired) electrons. The van der Waals surface area contributed by atoms with Gasteiger partial charge in [0.05, 0.1) is 19.3 Å². The highest BCUT2D eigenvalue weighted by molar-refractivity contribution is 8.15. The Morgan fingerprint density at radius 2 is 1.69 bits per heavy atom. The first-order valence-electron chi connectivity index (χ1n) is 10.5. The molecule has 1 N–H and O–H groups in total. The fraction of sp³-hybridized carbons (Fsp3) is 0.160. The van der Waals surface area contributed by atoms with Gasteiger partial charge in [0.15, 0.2) is 5.17 Å². The van der Waals surface area contributed by atoms with E-state index in [1.165, 1.54) is 11.8 Å². The van der Waals surface area contributed by atoms with Crippen molar-refractivity contribution < 1.29 is 14.3 Å². The first-order chi connectivity index (χ1) is 16.8. The zero-order valence-electron chi connectivity index (χ0n) is 18.5. The zero-order chi connectivity index (χ0) is 24.9. The fourth-order valence-corrected chi connectivity index (χ4v) is 5.14. The third-order valence-electron chi connectivity index (χ3n) is 5.11. The second-order valence-electron chi connectivity index (χ2n) is 7.66. The fourth-order valence-electron chi connectivity index (χ4n) is 3.39. The van der Waals surface area contributed by atoms with E-state index in [0.29, 0.717) is 43.9 Å². The molecule has 3 aromatic carbocycles. The summed E-state index contributed by atoms with van der Waals surface area (Å²) in [5.74, 6) is 0.141. The second kappa shape index (κ2) is 11.4. The number of amidine groups is 1. The van der Waals surface area contributed by atoms with Crippen molar-refractivity contribution in [3.05, 3.63) is 87.4 Å². The van der Waals surface area contributed by atoms with Gasteiger partial charge in [-0.05, 0) is 60.2 Å². The molecule has 2 amide bonds. The molecule has 1 saturated heterocycles. The van der Waals surface area contributed by atoms with Crippen molar-refractivity contribution >= 4 is 74.9 Å². The van der Waals surface area contributed by atoms with E-state index >= 15 is 0 Å². The van der Waals surface area contributed by atoms with Crippen molar-refractivity contribution in [2.45, 2.75) is 18.2 Å². The van der Waals surface area contributed by atoms with Crippen LogP contribution in [0.1, 0.15) is 12.0 Å². The maximum atomic E-state index is 13.2. The lowest BCUT2D eigenvalue weighted by atomic mass is 10.2. The molecular formula is C25H20Cl3N3O3S. The number of halogens is 3. The summed E-state index contributed by atoms with van der Waals surface area (Å²) in [6.07, 6.45) is 0.0139. The minimum Gasteiger partial charge on any atom is -0.497 e. The van der Waals surface area contributed by atoms with Gasteiger partial charge in [0, 0.05) is 27.2 Å². The van der Waals surface area contributed by atoms with E-state index in [-0.39, 0.29) is 18.2 Å². The summed E-state index contributed by atoms with van der Waals surface area (Å²) in [7, 11) is 1.58. The minimum absolute atomic E-state index is 0.0139. The van der Waals surface area contributed by atoms with Gasteiger partial charge in [0.1, 0.15) is 11.0 Å². The van der Waals surface area contributed by atoms with Crippen LogP contribution in [0.3, 0.4) is 0 Å². The number of hydrogen-bond acceptors (Lipinski definition) is 5. The van der Waals surface area contributed by atoms with E-state index in [2.05, 4.69) is 10.3 Å². The van der Waals surface area contributed by atoms with Gasteiger partial charge in [-0.2, -0.15) is 0 Å². The predicted molar refractivity (Wildman–Crippen MR) is 143 cm³/mol. The summed E-state index contributed by atoms with van der Waals surface area (Å²) in [4.78, 5) is 32.5. The average molecular weight is 549 g/mol. The molecule has 6 nitrogen and oxygen atoms in total. The van der Waals surface area contributed by atoms with Crippen LogP contribution in [0.5, 0.6) is 5.75 Å². The number of hydrogen-bond donors (Lipinski definition) is 1. The summed E-state index contributed by atoms with van der Waals surface area (Å²) in [5, 5.41) is 3.95. The summed E-state index contributed by atoms with van der Waals surface area (Å²) < 4.78 is 5.21. The van der Waals surface area contributed by atoms with Crippen LogP contribution in [0, 0.1) is 0 Å². The Hall–Kier alpha value is -2.71. The Kier molecular flexibility index (Phi) is 8.23. The summed E-state index contributed by atoms with van der Waals surface area (Å²) >= 11 is 19.3. The molecule has 1 fully saturated rings. The van der Waals surface area contributed by atoms with Crippen molar-refractivity contribution in [1.29, 1.82) is 0 Å². The second-order valence-corrected chi connectivity index (χ2v) is 10.1. The number of aliphatic imine (C=N–C) groups is 1. The van der Waals surface area contributed by atoms with E-state index in [4.69, 9.17) is 39.5 Å². The Bertz CT molecular complexity index is 1250. The number of rotatable bonds is 6. The molecule has 0 saturated carbocycles. The van der Waals surface area contributed by atoms with Crippen LogP contribution in [0.4, 0.5) is 11.4 Å². The number of ether oxygens (including phenoxy) is 1. The summed E-state index contributed by atoms with van der Waals surface area (Å²) in [6.45, 7) is 0.302. The largest absolute Gasteiger partial charge is 0.497 e. The minimum atomic E-state index is -0.682. The van der Waals surface area contributed by atoms with Crippen molar-refractivity contribution in [2.75, 3.05) is 12.4 Å². The molecule has 1 aliphatic heterocycles. The molecule has 0 aliphatic carbocycles. The van der Waals surface area contributed by atoms with E-state index in [1.807, 2.05) is 12.1 Å². The van der Waals surface area contributed by atoms with Crippen LogP contribution >= 0.6 is 46.6 Å². The maximum absolute atomic E-state index is 13.2. The number of anilines is 1. The molecule has 1 atom stereocenters. The predicted octanol–water partition coefficient (Wildman–Crippen LogP) is 6.82. The number of carbonyl (C=O) groups is 2. The number of nitrogens with zero attached hydrogens (tertiary/aromatic N) is 2. The average Bonchev–Trinajstić information content (AvgIpc) is 2.82. The number of amides is 2. The Morgan fingerprint density at radius 1 is 1.03 bits per heavy atom. The lowest BCUT2D eigenvalue weighted by Gasteiger charge is -2.32. The third-order valence-corrected chi connectivity index (χ3v) is 6.99. The lowest BCUT2D eigenvalue weighted by Crippen LogP contribution is -2.44. The van der Waals surface area contributed by atoms with Gasteiger partial charge < -0.3 is 10.1 Å². The van der Waals surface area contributed by atoms with Gasteiger partial charge in [0.25, 0.3) is 0 Å². The first-order valence-corrected chi connectivity index (χ1v) is 12.5. The van der Waals surface area contributed by atoms with E-state index in [1.54, 1.807) is 66.6 Å². The van der Waals surface area contributed by atoms with Crippen molar-refractivity contribution in [1.82, 2.24) is 4.90 Å². The van der Waals surface area contributed by atoms with Crippen molar-refractivity contribution in [2.24, 2.45) is 4.99 Å². The molecule has 10 heteroatoms. The molecule has 1 aliphatic rings. The van der Waals surface area contributed by atoms with Crippen molar-refractivity contribution in [3.63, 3.8) is 0 Å².